The molecule has 5 heteroatoms. The van der Waals surface area contributed by atoms with E-state index in [4.69, 9.17) is 4.42 Å². The zero-order valence-corrected chi connectivity index (χ0v) is 11.4. The number of carbonyl (C=O) groups excluding carboxylic acids is 1. The van der Waals surface area contributed by atoms with E-state index in [2.05, 4.69) is 4.74 Å². The monoisotopic (exact) mass is 278 g/mol. The number of phenolic OH excluding ortho intramolecular Hbond substituents is 1. The van der Waals surface area contributed by atoms with E-state index in [-0.39, 0.29) is 16.8 Å². The Hall–Kier alpha value is -1.88. The number of furan rings is 1. The predicted octanol–water partition coefficient (Wildman–Crippen LogP) is 3.63. The Balaban J connectivity index is 2.07. The van der Waals surface area contributed by atoms with Crippen molar-refractivity contribution in [2.75, 3.05) is 7.11 Å². The van der Waals surface area contributed by atoms with E-state index in [0.717, 1.165) is 4.90 Å². The molecule has 100 valence electrons. The number of hydrogen-bond donors (Lipinski definition) is 1. The number of thioether (sulfide) groups is 1. The molecule has 0 bridgehead atoms. The van der Waals surface area contributed by atoms with Gasteiger partial charge in [0.2, 0.25) is 5.76 Å². The molecule has 1 unspecified atom stereocenters. The maximum Gasteiger partial charge on any atom is 0.373 e. The average molecular weight is 278 g/mol. The van der Waals surface area contributed by atoms with Gasteiger partial charge in [0.05, 0.1) is 12.4 Å². The lowest BCUT2D eigenvalue weighted by Crippen LogP contribution is -1.98. The summed E-state index contributed by atoms with van der Waals surface area (Å²) in [4.78, 5) is 12.3. The maximum atomic E-state index is 11.3. The standard InChI is InChI=1S/C14H14O4S/c1-9(19-11-5-3-10(15)4-6-11)12-7-8-13(18-12)14(16)17-2/h3-9,15H,1-2H3. The molecule has 0 amide bonds. The van der Waals surface area contributed by atoms with Gasteiger partial charge in [0, 0.05) is 4.90 Å². The third-order valence-corrected chi connectivity index (χ3v) is 3.69. The third kappa shape index (κ3) is 3.32. The maximum absolute atomic E-state index is 11.3. The highest BCUT2D eigenvalue weighted by Crippen LogP contribution is 2.36. The smallest absolute Gasteiger partial charge is 0.373 e. The summed E-state index contributed by atoms with van der Waals surface area (Å²) in [5, 5.41) is 9.28. The van der Waals surface area contributed by atoms with E-state index >= 15 is 0 Å². The van der Waals surface area contributed by atoms with Gasteiger partial charge in [0.15, 0.2) is 0 Å². The summed E-state index contributed by atoms with van der Waals surface area (Å²) in [6.07, 6.45) is 0. The fourth-order valence-electron chi connectivity index (χ4n) is 1.57. The van der Waals surface area contributed by atoms with E-state index in [9.17, 15) is 9.90 Å². The fourth-order valence-corrected chi connectivity index (χ4v) is 2.51. The highest BCUT2D eigenvalue weighted by molar-refractivity contribution is 7.99. The first-order valence-electron chi connectivity index (χ1n) is 5.74. The first-order valence-corrected chi connectivity index (χ1v) is 6.62. The van der Waals surface area contributed by atoms with Crippen LogP contribution in [0, 0.1) is 0 Å². The van der Waals surface area contributed by atoms with Gasteiger partial charge in [-0.25, -0.2) is 4.79 Å². The van der Waals surface area contributed by atoms with Gasteiger partial charge in [-0.3, -0.25) is 0 Å². The zero-order chi connectivity index (χ0) is 13.8. The van der Waals surface area contributed by atoms with Crippen LogP contribution in [-0.4, -0.2) is 18.2 Å². The summed E-state index contributed by atoms with van der Waals surface area (Å²) in [6.45, 7) is 1.98. The van der Waals surface area contributed by atoms with Gasteiger partial charge in [0.25, 0.3) is 0 Å². The Kier molecular flexibility index (Phi) is 4.16. The molecule has 0 aliphatic carbocycles. The fraction of sp³-hybridized carbons (Fsp3) is 0.214. The lowest BCUT2D eigenvalue weighted by atomic mass is 10.3. The molecule has 2 aromatic rings. The number of benzene rings is 1. The predicted molar refractivity (Wildman–Crippen MR) is 72.4 cm³/mol. The molecule has 4 nitrogen and oxygen atoms in total. The molecule has 1 aromatic heterocycles. The van der Waals surface area contributed by atoms with Gasteiger partial charge in [-0.05, 0) is 43.3 Å². The summed E-state index contributed by atoms with van der Waals surface area (Å²) in [5.74, 6) is 0.671. The molecule has 0 spiro atoms. The highest BCUT2D eigenvalue weighted by Gasteiger charge is 2.16. The van der Waals surface area contributed by atoms with Crippen LogP contribution < -0.4 is 0 Å². The van der Waals surface area contributed by atoms with Crippen LogP contribution >= 0.6 is 11.8 Å². The zero-order valence-electron chi connectivity index (χ0n) is 10.6. The van der Waals surface area contributed by atoms with Gasteiger partial charge in [0.1, 0.15) is 11.5 Å². The lowest BCUT2D eigenvalue weighted by Gasteiger charge is -2.08. The van der Waals surface area contributed by atoms with Crippen LogP contribution in [0.25, 0.3) is 0 Å². The lowest BCUT2D eigenvalue weighted by molar-refractivity contribution is 0.0563. The van der Waals surface area contributed by atoms with E-state index in [1.54, 1.807) is 36.0 Å². The van der Waals surface area contributed by atoms with Crippen LogP contribution in [0.5, 0.6) is 5.75 Å². The number of esters is 1. The second-order valence-corrected chi connectivity index (χ2v) is 5.36. The summed E-state index contributed by atoms with van der Waals surface area (Å²) < 4.78 is 10.0. The minimum Gasteiger partial charge on any atom is -0.508 e. The second-order valence-electron chi connectivity index (χ2n) is 3.95. The van der Waals surface area contributed by atoms with Crippen LogP contribution in [0.2, 0.25) is 0 Å². The Labute approximate surface area is 115 Å². The Morgan fingerprint density at radius 1 is 1.26 bits per heavy atom. The normalized spacial score (nSPS) is 12.1. The molecular formula is C14H14O4S. The van der Waals surface area contributed by atoms with Crippen molar-refractivity contribution in [3.8, 4) is 5.75 Å². The van der Waals surface area contributed by atoms with Gasteiger partial charge in [-0.2, -0.15) is 0 Å². The molecule has 0 radical (unpaired) electrons. The number of rotatable bonds is 4. The van der Waals surface area contributed by atoms with E-state index in [0.29, 0.717) is 5.76 Å². The largest absolute Gasteiger partial charge is 0.508 e. The van der Waals surface area contributed by atoms with Crippen LogP contribution in [0.1, 0.15) is 28.5 Å². The Bertz CT molecular complexity index is 559. The second kappa shape index (κ2) is 5.84. The van der Waals surface area contributed by atoms with Gasteiger partial charge >= 0.3 is 5.97 Å². The summed E-state index contributed by atoms with van der Waals surface area (Å²) in [5.41, 5.74) is 0. The molecule has 19 heavy (non-hydrogen) atoms. The highest BCUT2D eigenvalue weighted by atomic mass is 32.2. The third-order valence-electron chi connectivity index (χ3n) is 2.56. The van der Waals surface area contributed by atoms with E-state index in [1.165, 1.54) is 7.11 Å². The number of aromatic hydroxyl groups is 1. The van der Waals surface area contributed by atoms with Crippen molar-refractivity contribution in [3.05, 3.63) is 47.9 Å². The number of phenols is 1. The van der Waals surface area contributed by atoms with Crippen molar-refractivity contribution in [1.82, 2.24) is 0 Å². The van der Waals surface area contributed by atoms with Crippen molar-refractivity contribution in [3.63, 3.8) is 0 Å². The first kappa shape index (κ1) is 13.5. The van der Waals surface area contributed by atoms with Gasteiger partial charge in [-0.1, -0.05) is 0 Å². The Morgan fingerprint density at radius 3 is 2.58 bits per heavy atom. The number of ether oxygens (including phenoxy) is 1. The van der Waals surface area contributed by atoms with Crippen LogP contribution in [0.4, 0.5) is 0 Å². The van der Waals surface area contributed by atoms with Crippen molar-refractivity contribution >= 4 is 17.7 Å². The molecule has 0 aliphatic rings. The van der Waals surface area contributed by atoms with Crippen molar-refractivity contribution in [1.29, 1.82) is 0 Å². The van der Waals surface area contributed by atoms with E-state index in [1.807, 2.05) is 19.1 Å². The van der Waals surface area contributed by atoms with E-state index < -0.39 is 5.97 Å². The number of carbonyl (C=O) groups is 1. The minimum absolute atomic E-state index is 0.0583. The minimum atomic E-state index is -0.479. The van der Waals surface area contributed by atoms with Crippen molar-refractivity contribution in [2.45, 2.75) is 17.1 Å². The molecule has 2 rings (SSSR count). The SMILES string of the molecule is COC(=O)c1ccc(C(C)Sc2ccc(O)cc2)o1. The Morgan fingerprint density at radius 2 is 1.95 bits per heavy atom. The molecule has 1 heterocycles. The molecule has 0 saturated heterocycles. The molecule has 0 saturated carbocycles. The first-order chi connectivity index (χ1) is 9.10. The summed E-state index contributed by atoms with van der Waals surface area (Å²) in [6, 6.07) is 10.3. The molecule has 1 N–H and O–H groups in total. The van der Waals surface area contributed by atoms with Gasteiger partial charge < -0.3 is 14.3 Å². The quantitative estimate of drug-likeness (QED) is 0.683. The summed E-state index contributed by atoms with van der Waals surface area (Å²) >= 11 is 1.58. The van der Waals surface area contributed by atoms with Crippen LogP contribution in [-0.2, 0) is 4.74 Å². The molecular weight excluding hydrogens is 264 g/mol. The molecule has 0 aliphatic heterocycles. The molecule has 1 aromatic carbocycles. The molecule has 0 fully saturated rings. The average Bonchev–Trinajstić information content (AvgIpc) is 2.90. The number of hydrogen-bond acceptors (Lipinski definition) is 5. The van der Waals surface area contributed by atoms with Crippen molar-refractivity contribution in [2.24, 2.45) is 0 Å². The molecule has 1 atom stereocenters. The topological polar surface area (TPSA) is 59.7 Å². The van der Waals surface area contributed by atoms with Crippen molar-refractivity contribution < 1.29 is 19.1 Å². The van der Waals surface area contributed by atoms with Gasteiger partial charge in [-0.15, -0.1) is 11.8 Å². The number of methoxy groups -OCH3 is 1. The van der Waals surface area contributed by atoms with Crippen LogP contribution in [0.3, 0.4) is 0 Å². The summed E-state index contributed by atoms with van der Waals surface area (Å²) in [7, 11) is 1.32. The van der Waals surface area contributed by atoms with Crippen LogP contribution in [0.15, 0.2) is 45.7 Å².